The van der Waals surface area contributed by atoms with Crippen molar-refractivity contribution in [3.05, 3.63) is 77.7 Å². The van der Waals surface area contributed by atoms with Gasteiger partial charge in [0.2, 0.25) is 0 Å². The van der Waals surface area contributed by atoms with Crippen LogP contribution in [0.15, 0.2) is 60.7 Å². The Morgan fingerprint density at radius 1 is 1.07 bits per heavy atom. The number of aryl methyl sites for hydroxylation is 2. The van der Waals surface area contributed by atoms with Crippen molar-refractivity contribution in [3.63, 3.8) is 0 Å². The van der Waals surface area contributed by atoms with E-state index in [0.717, 1.165) is 22.3 Å². The minimum atomic E-state index is -0.286. The van der Waals surface area contributed by atoms with Crippen molar-refractivity contribution in [1.82, 2.24) is 14.8 Å². The number of aromatic nitrogens is 3. The monoisotopic (exact) mass is 402 g/mol. The van der Waals surface area contributed by atoms with Gasteiger partial charge in [-0.1, -0.05) is 24.3 Å². The average molecular weight is 402 g/mol. The summed E-state index contributed by atoms with van der Waals surface area (Å²) in [7, 11) is 3.37. The van der Waals surface area contributed by atoms with E-state index in [9.17, 15) is 4.79 Å². The van der Waals surface area contributed by atoms with E-state index in [0.29, 0.717) is 22.9 Å². The van der Waals surface area contributed by atoms with Gasteiger partial charge in [-0.3, -0.25) is 9.48 Å². The third-order valence-electron chi connectivity index (χ3n) is 4.80. The summed E-state index contributed by atoms with van der Waals surface area (Å²) in [5.74, 6) is 0.802. The smallest absolute Gasteiger partial charge is 0.276 e. The lowest BCUT2D eigenvalue weighted by molar-refractivity contribution is 0.102. The molecule has 0 saturated carbocycles. The first-order valence-electron chi connectivity index (χ1n) is 9.51. The molecular weight excluding hydrogens is 380 g/mol. The molecule has 2 aromatic heterocycles. The van der Waals surface area contributed by atoms with Crippen LogP contribution in [0, 0.1) is 6.92 Å². The van der Waals surface area contributed by atoms with Crippen molar-refractivity contribution in [3.8, 4) is 11.5 Å². The van der Waals surface area contributed by atoms with Crippen LogP contribution in [-0.2, 0) is 13.7 Å². The normalized spacial score (nSPS) is 10.8. The number of carbonyl (C=O) groups is 1. The van der Waals surface area contributed by atoms with Crippen LogP contribution in [0.3, 0.4) is 0 Å². The van der Waals surface area contributed by atoms with Crippen molar-refractivity contribution in [1.29, 1.82) is 0 Å². The summed E-state index contributed by atoms with van der Waals surface area (Å²) in [6.45, 7) is 2.17. The summed E-state index contributed by atoms with van der Waals surface area (Å²) in [5.41, 5.74) is 3.56. The van der Waals surface area contributed by atoms with Gasteiger partial charge in [0.25, 0.3) is 5.91 Å². The van der Waals surface area contributed by atoms with E-state index in [4.69, 9.17) is 9.47 Å². The van der Waals surface area contributed by atoms with Crippen LogP contribution in [0.2, 0.25) is 0 Å². The molecule has 4 aromatic rings. The number of nitrogens with zero attached hydrogens (tertiary/aromatic N) is 3. The highest BCUT2D eigenvalue weighted by atomic mass is 16.5. The molecule has 0 aliphatic heterocycles. The number of methoxy groups -OCH3 is 1. The second kappa shape index (κ2) is 8.24. The van der Waals surface area contributed by atoms with Crippen molar-refractivity contribution in [2.75, 3.05) is 12.4 Å². The number of ether oxygens (including phenoxy) is 2. The number of rotatable bonds is 6. The van der Waals surface area contributed by atoms with Gasteiger partial charge in [0.1, 0.15) is 6.61 Å². The zero-order valence-corrected chi connectivity index (χ0v) is 17.0. The molecule has 0 spiro atoms. The number of anilines is 1. The van der Waals surface area contributed by atoms with Crippen molar-refractivity contribution in [2.24, 2.45) is 7.05 Å². The van der Waals surface area contributed by atoms with E-state index >= 15 is 0 Å². The number of para-hydroxylation sites is 1. The summed E-state index contributed by atoms with van der Waals surface area (Å²) in [5, 5.41) is 8.13. The predicted molar refractivity (Wildman–Crippen MR) is 115 cm³/mol. The highest BCUT2D eigenvalue weighted by molar-refractivity contribution is 6.03. The molecule has 0 bridgehead atoms. The molecule has 7 nitrogen and oxygen atoms in total. The van der Waals surface area contributed by atoms with E-state index in [2.05, 4.69) is 15.4 Å². The summed E-state index contributed by atoms with van der Waals surface area (Å²) in [6, 6.07) is 18.9. The average Bonchev–Trinajstić information content (AvgIpc) is 3.10. The molecular formula is C23H22N4O3. The highest BCUT2D eigenvalue weighted by Crippen LogP contribution is 2.31. The van der Waals surface area contributed by atoms with Gasteiger partial charge in [0.15, 0.2) is 17.2 Å². The number of amides is 1. The number of pyridine rings is 1. The van der Waals surface area contributed by atoms with E-state index < -0.39 is 0 Å². The maximum absolute atomic E-state index is 12.5. The molecule has 0 atom stereocenters. The third-order valence-corrected chi connectivity index (χ3v) is 4.80. The molecule has 1 amide bonds. The maximum Gasteiger partial charge on any atom is 0.276 e. The number of nitrogens with one attached hydrogen (secondary N) is 1. The largest absolute Gasteiger partial charge is 0.493 e. The lowest BCUT2D eigenvalue weighted by Crippen LogP contribution is -2.13. The quantitative estimate of drug-likeness (QED) is 0.525. The molecule has 2 aromatic carbocycles. The second-order valence-corrected chi connectivity index (χ2v) is 6.90. The van der Waals surface area contributed by atoms with E-state index in [1.54, 1.807) is 43.1 Å². The number of benzene rings is 2. The molecule has 2 heterocycles. The molecule has 7 heteroatoms. The zero-order chi connectivity index (χ0) is 21.1. The fourth-order valence-corrected chi connectivity index (χ4v) is 3.07. The van der Waals surface area contributed by atoms with Crippen LogP contribution in [-0.4, -0.2) is 27.8 Å². The summed E-state index contributed by atoms with van der Waals surface area (Å²) in [6.07, 6.45) is 0. The van der Waals surface area contributed by atoms with Crippen molar-refractivity contribution in [2.45, 2.75) is 13.5 Å². The Hall–Kier alpha value is -3.87. The third kappa shape index (κ3) is 4.10. The van der Waals surface area contributed by atoms with Crippen LogP contribution in [0.1, 0.15) is 21.9 Å². The van der Waals surface area contributed by atoms with Crippen molar-refractivity contribution < 1.29 is 14.3 Å². The first-order valence-corrected chi connectivity index (χ1v) is 9.51. The van der Waals surface area contributed by atoms with Gasteiger partial charge in [-0.25, -0.2) is 4.98 Å². The molecule has 1 N–H and O–H groups in total. The summed E-state index contributed by atoms with van der Waals surface area (Å²) >= 11 is 0. The summed E-state index contributed by atoms with van der Waals surface area (Å²) in [4.78, 5) is 17.1. The number of hydrogen-bond donors (Lipinski definition) is 1. The second-order valence-electron chi connectivity index (χ2n) is 6.90. The Bertz CT molecular complexity index is 1200. The van der Waals surface area contributed by atoms with Crippen molar-refractivity contribution >= 4 is 22.5 Å². The number of fused-ring (bicyclic) bond motifs is 1. The van der Waals surface area contributed by atoms with Gasteiger partial charge >= 0.3 is 0 Å². The highest BCUT2D eigenvalue weighted by Gasteiger charge is 2.13. The van der Waals surface area contributed by atoms with E-state index in [1.165, 1.54) is 0 Å². The molecule has 0 aliphatic rings. The van der Waals surface area contributed by atoms with Gasteiger partial charge in [0.05, 0.1) is 18.3 Å². The number of carbonyl (C=O) groups excluding carboxylic acids is 1. The van der Waals surface area contributed by atoms with E-state index in [1.807, 2.05) is 43.3 Å². The Morgan fingerprint density at radius 3 is 2.67 bits per heavy atom. The summed E-state index contributed by atoms with van der Waals surface area (Å²) < 4.78 is 13.0. The van der Waals surface area contributed by atoms with Crippen LogP contribution in [0.5, 0.6) is 11.5 Å². The first-order chi connectivity index (χ1) is 14.5. The Morgan fingerprint density at radius 2 is 1.90 bits per heavy atom. The Labute approximate surface area is 174 Å². The molecule has 0 radical (unpaired) electrons. The van der Waals surface area contributed by atoms with Crippen LogP contribution >= 0.6 is 0 Å². The predicted octanol–water partition coefficient (Wildman–Crippen LogP) is 4.12. The minimum absolute atomic E-state index is 0.276. The first kappa shape index (κ1) is 19.4. The minimum Gasteiger partial charge on any atom is -0.493 e. The molecule has 0 aliphatic carbocycles. The van der Waals surface area contributed by atoms with Crippen LogP contribution < -0.4 is 14.8 Å². The SMILES string of the molecule is COc1ccc(NC(=O)c2cc(C)n(C)n2)cc1OCc1ccc2ccccc2n1. The van der Waals surface area contributed by atoms with Gasteiger partial charge < -0.3 is 14.8 Å². The molecule has 30 heavy (non-hydrogen) atoms. The topological polar surface area (TPSA) is 78.3 Å². The van der Waals surface area contributed by atoms with Crippen LogP contribution in [0.25, 0.3) is 10.9 Å². The lowest BCUT2D eigenvalue weighted by atomic mass is 10.2. The Balaban J connectivity index is 1.51. The molecule has 4 rings (SSSR count). The maximum atomic E-state index is 12.5. The fraction of sp³-hybridized carbons (Fsp3) is 0.174. The lowest BCUT2D eigenvalue weighted by Gasteiger charge is -2.13. The number of hydrogen-bond acceptors (Lipinski definition) is 5. The molecule has 0 fully saturated rings. The molecule has 152 valence electrons. The molecule has 0 unspecified atom stereocenters. The Kier molecular flexibility index (Phi) is 5.34. The van der Waals surface area contributed by atoms with Gasteiger partial charge in [0, 0.05) is 29.9 Å². The standard InChI is InChI=1S/C23H22N4O3/c1-15-12-20(26-27(15)2)23(28)25-17-10-11-21(29-3)22(13-17)30-14-18-9-8-16-6-4-5-7-19(16)24-18/h4-13H,14H2,1-3H3,(H,25,28). The van der Waals surface area contributed by atoms with Crippen LogP contribution in [0.4, 0.5) is 5.69 Å². The van der Waals surface area contributed by atoms with Gasteiger partial charge in [-0.2, -0.15) is 5.10 Å². The van der Waals surface area contributed by atoms with Gasteiger partial charge in [-0.15, -0.1) is 0 Å². The zero-order valence-electron chi connectivity index (χ0n) is 17.0. The van der Waals surface area contributed by atoms with Gasteiger partial charge in [-0.05, 0) is 37.3 Å². The fourth-order valence-electron chi connectivity index (χ4n) is 3.07. The van der Waals surface area contributed by atoms with E-state index in [-0.39, 0.29) is 12.5 Å². The molecule has 0 saturated heterocycles.